The molecule has 0 saturated carbocycles. The third kappa shape index (κ3) is 9.20. The van der Waals surface area contributed by atoms with Crippen molar-refractivity contribution in [2.45, 2.75) is 74.1 Å². The highest BCUT2D eigenvalue weighted by Crippen LogP contribution is 2.38. The highest BCUT2D eigenvalue weighted by Gasteiger charge is 2.15. The molecule has 4 aromatic carbocycles. The van der Waals surface area contributed by atoms with E-state index in [4.69, 9.17) is 14.6 Å². The van der Waals surface area contributed by atoms with Gasteiger partial charge in [-0.25, -0.2) is 0 Å². The molecule has 4 heteroatoms. The minimum Gasteiger partial charge on any atom is -0.507 e. The molecule has 45 heavy (non-hydrogen) atoms. The Morgan fingerprint density at radius 3 is 1.76 bits per heavy atom. The zero-order chi connectivity index (χ0) is 33.3. The van der Waals surface area contributed by atoms with Gasteiger partial charge in [-0.1, -0.05) is 84.5 Å². The van der Waals surface area contributed by atoms with Crippen molar-refractivity contribution in [1.82, 2.24) is 0 Å². The minimum absolute atomic E-state index is 0.111. The fourth-order valence-corrected chi connectivity index (χ4v) is 5.79. The molecular weight excluding hydrogens is 556 g/mol. The number of unbranched alkanes of at least 4 members (excludes halogenated alkanes) is 1. The van der Waals surface area contributed by atoms with Gasteiger partial charge in [-0.3, -0.25) is 0 Å². The van der Waals surface area contributed by atoms with Gasteiger partial charge in [0.1, 0.15) is 16.9 Å². The number of phenols is 1. The van der Waals surface area contributed by atoms with Crippen molar-refractivity contribution in [3.8, 4) is 16.9 Å². The van der Waals surface area contributed by atoms with Crippen LogP contribution in [0, 0.1) is 34.6 Å². The Hall–Kier alpha value is -4.12. The van der Waals surface area contributed by atoms with Crippen LogP contribution in [0.25, 0.3) is 33.1 Å². The number of aromatic hydroxyl groups is 1. The van der Waals surface area contributed by atoms with E-state index >= 15 is 0 Å². The van der Waals surface area contributed by atoms with E-state index in [9.17, 15) is 5.11 Å². The van der Waals surface area contributed by atoms with Crippen molar-refractivity contribution < 1.29 is 19.7 Å². The maximum absolute atomic E-state index is 11.1. The first-order valence-electron chi connectivity index (χ1n) is 15.7. The Kier molecular flexibility index (Phi) is 12.8. The monoisotopic (exact) mass is 606 g/mol. The molecule has 0 spiro atoms. The SMILES string of the molecule is C=C(C)CO.C=C(C)CO.Cc1cc(C)c(-c2cccc(CCCCc3cccc4c3oc3cc(C)cc(C)c34)c2O)c(C)c1. The Morgan fingerprint density at radius 2 is 1.18 bits per heavy atom. The van der Waals surface area contributed by atoms with Crippen LogP contribution < -0.4 is 0 Å². The molecule has 0 atom stereocenters. The quantitative estimate of drug-likeness (QED) is 0.121. The number of rotatable bonds is 8. The molecule has 0 fully saturated rings. The fraction of sp³-hybridized carbons (Fsp3) is 0.317. The van der Waals surface area contributed by atoms with Crippen molar-refractivity contribution in [1.29, 1.82) is 0 Å². The zero-order valence-electron chi connectivity index (χ0n) is 28.2. The number of hydrogen-bond donors (Lipinski definition) is 3. The number of aryl methyl sites for hydroxylation is 7. The van der Waals surface area contributed by atoms with Gasteiger partial charge in [-0.2, -0.15) is 0 Å². The largest absolute Gasteiger partial charge is 0.507 e. The van der Waals surface area contributed by atoms with E-state index in [0.717, 1.165) is 64.7 Å². The summed E-state index contributed by atoms with van der Waals surface area (Å²) < 4.78 is 6.34. The van der Waals surface area contributed by atoms with Gasteiger partial charge in [0.25, 0.3) is 0 Å². The summed E-state index contributed by atoms with van der Waals surface area (Å²) in [5.74, 6) is 0.424. The molecule has 0 aliphatic rings. The fourth-order valence-electron chi connectivity index (χ4n) is 5.79. The lowest BCUT2D eigenvalue weighted by molar-refractivity contribution is 0.331. The Labute approximate surface area is 269 Å². The van der Waals surface area contributed by atoms with Gasteiger partial charge in [0.05, 0.1) is 13.2 Å². The number of furan rings is 1. The van der Waals surface area contributed by atoms with Crippen LogP contribution in [-0.2, 0) is 12.8 Å². The highest BCUT2D eigenvalue weighted by molar-refractivity contribution is 6.07. The van der Waals surface area contributed by atoms with Gasteiger partial charge in [0.15, 0.2) is 0 Å². The average Bonchev–Trinajstić information content (AvgIpc) is 3.36. The maximum atomic E-state index is 11.1. The number of hydrogen-bond acceptors (Lipinski definition) is 4. The molecule has 238 valence electrons. The molecule has 3 N–H and O–H groups in total. The summed E-state index contributed by atoms with van der Waals surface area (Å²) in [7, 11) is 0. The molecule has 0 unspecified atom stereocenters. The lowest BCUT2D eigenvalue weighted by Crippen LogP contribution is -1.94. The third-order valence-corrected chi connectivity index (χ3v) is 7.77. The molecule has 5 aromatic rings. The first kappa shape index (κ1) is 35.4. The van der Waals surface area contributed by atoms with Crippen molar-refractivity contribution in [2.75, 3.05) is 13.2 Å². The van der Waals surface area contributed by atoms with Crippen LogP contribution in [0.3, 0.4) is 0 Å². The van der Waals surface area contributed by atoms with Crippen molar-refractivity contribution in [3.05, 3.63) is 124 Å². The smallest absolute Gasteiger partial charge is 0.138 e. The molecule has 5 rings (SSSR count). The number of fused-ring (bicyclic) bond motifs is 3. The standard InChI is InChI=1S/C33H34O2.2C4H8O/c1-20-16-22(3)30(23(4)17-20)27-14-8-12-25(32(27)34)10-6-7-11-26-13-9-15-28-31-24(5)18-21(2)19-29(31)35-33(26)28;2*1-4(2)3-5/h8-9,12-19,34H,6-7,10-11H2,1-5H3;2*5H,1,3H2,2H3. The lowest BCUT2D eigenvalue weighted by Gasteiger charge is -2.15. The van der Waals surface area contributed by atoms with Crippen LogP contribution >= 0.6 is 0 Å². The summed E-state index contributed by atoms with van der Waals surface area (Å²) >= 11 is 0. The first-order valence-corrected chi connectivity index (χ1v) is 15.7. The predicted octanol–water partition coefficient (Wildman–Crippen LogP) is 10.2. The second-order valence-corrected chi connectivity index (χ2v) is 12.4. The predicted molar refractivity (Wildman–Crippen MR) is 191 cm³/mol. The van der Waals surface area contributed by atoms with Crippen molar-refractivity contribution in [2.24, 2.45) is 0 Å². The summed E-state index contributed by atoms with van der Waals surface area (Å²) in [5, 5.41) is 29.7. The number of aliphatic hydroxyl groups excluding tert-OH is 2. The number of phenolic OH excluding ortho intramolecular Hbond substituents is 1. The molecule has 0 bridgehead atoms. The van der Waals surface area contributed by atoms with Crippen LogP contribution in [0.15, 0.2) is 89.4 Å². The molecule has 0 radical (unpaired) electrons. The second kappa shape index (κ2) is 16.3. The van der Waals surface area contributed by atoms with E-state index in [2.05, 4.69) is 102 Å². The molecular formula is C41H50O4. The lowest BCUT2D eigenvalue weighted by atomic mass is 9.91. The normalized spacial score (nSPS) is 10.7. The van der Waals surface area contributed by atoms with Crippen LogP contribution in [0.5, 0.6) is 5.75 Å². The average molecular weight is 607 g/mol. The Bertz CT molecular complexity index is 1750. The van der Waals surface area contributed by atoms with E-state index in [-0.39, 0.29) is 13.2 Å². The number of para-hydroxylation sites is 2. The Balaban J connectivity index is 0.000000482. The van der Waals surface area contributed by atoms with Crippen LogP contribution in [-0.4, -0.2) is 28.5 Å². The van der Waals surface area contributed by atoms with E-state index in [1.807, 2.05) is 6.07 Å². The van der Waals surface area contributed by atoms with Crippen LogP contribution in [0.1, 0.15) is 65.6 Å². The molecule has 0 saturated heterocycles. The van der Waals surface area contributed by atoms with Crippen molar-refractivity contribution >= 4 is 21.9 Å². The number of benzene rings is 4. The third-order valence-electron chi connectivity index (χ3n) is 7.77. The molecule has 1 heterocycles. The summed E-state index contributed by atoms with van der Waals surface area (Å²) in [6, 6.07) is 21.4. The Morgan fingerprint density at radius 1 is 0.689 bits per heavy atom. The molecule has 4 nitrogen and oxygen atoms in total. The van der Waals surface area contributed by atoms with Gasteiger partial charge in [-0.05, 0) is 119 Å². The van der Waals surface area contributed by atoms with E-state index in [0.29, 0.717) is 5.75 Å². The van der Waals surface area contributed by atoms with Crippen molar-refractivity contribution in [3.63, 3.8) is 0 Å². The first-order chi connectivity index (χ1) is 21.4. The topological polar surface area (TPSA) is 73.8 Å². The minimum atomic E-state index is 0.111. The summed E-state index contributed by atoms with van der Waals surface area (Å²) in [6.07, 6.45) is 3.88. The zero-order valence-corrected chi connectivity index (χ0v) is 28.2. The van der Waals surface area contributed by atoms with Gasteiger partial charge in [0.2, 0.25) is 0 Å². The van der Waals surface area contributed by atoms with E-state index < -0.39 is 0 Å². The van der Waals surface area contributed by atoms with Gasteiger partial charge in [0, 0.05) is 16.3 Å². The molecule has 1 aromatic heterocycles. The molecule has 0 aliphatic heterocycles. The summed E-state index contributed by atoms with van der Waals surface area (Å²) in [4.78, 5) is 0. The van der Waals surface area contributed by atoms with Gasteiger partial charge >= 0.3 is 0 Å². The maximum Gasteiger partial charge on any atom is 0.138 e. The molecule has 0 aliphatic carbocycles. The number of aliphatic hydroxyl groups is 2. The van der Waals surface area contributed by atoms with Gasteiger partial charge < -0.3 is 19.7 Å². The van der Waals surface area contributed by atoms with E-state index in [1.54, 1.807) is 13.8 Å². The second-order valence-electron chi connectivity index (χ2n) is 12.4. The van der Waals surface area contributed by atoms with Crippen LogP contribution in [0.2, 0.25) is 0 Å². The highest BCUT2D eigenvalue weighted by atomic mass is 16.3. The molecule has 0 amide bonds. The summed E-state index contributed by atoms with van der Waals surface area (Å²) in [6.45, 7) is 21.3. The van der Waals surface area contributed by atoms with Crippen LogP contribution in [0.4, 0.5) is 0 Å². The van der Waals surface area contributed by atoms with Gasteiger partial charge in [-0.15, -0.1) is 0 Å². The summed E-state index contributed by atoms with van der Waals surface area (Å²) in [5.41, 5.74) is 14.2. The van der Waals surface area contributed by atoms with E-state index in [1.165, 1.54) is 44.2 Å².